The quantitative estimate of drug-likeness (QED) is 0.839. The number of aryl methyl sites for hydroxylation is 2. The van der Waals surface area contributed by atoms with E-state index in [4.69, 9.17) is 0 Å². The van der Waals surface area contributed by atoms with Gasteiger partial charge in [0.2, 0.25) is 5.91 Å². The molecule has 0 aromatic carbocycles. The maximum atomic E-state index is 12.1. The van der Waals surface area contributed by atoms with Crippen LogP contribution in [0.5, 0.6) is 0 Å². The summed E-state index contributed by atoms with van der Waals surface area (Å²) in [6.07, 6.45) is 7.36. The lowest BCUT2D eigenvalue weighted by Gasteiger charge is -2.60. The van der Waals surface area contributed by atoms with Crippen molar-refractivity contribution >= 4 is 33.3 Å². The summed E-state index contributed by atoms with van der Waals surface area (Å²) >= 11 is 1.83. The van der Waals surface area contributed by atoms with Crippen molar-refractivity contribution in [1.82, 2.24) is 14.9 Å². The molecule has 138 valence electrons. The van der Waals surface area contributed by atoms with E-state index in [1.54, 1.807) is 13.3 Å². The van der Waals surface area contributed by atoms with Crippen LogP contribution in [-0.2, 0) is 17.6 Å². The number of nitrogens with one attached hydrogen (secondary N) is 2. The maximum Gasteiger partial charge on any atom is 0.220 e. The highest BCUT2D eigenvalue weighted by Crippen LogP contribution is 2.43. The van der Waals surface area contributed by atoms with Crippen LogP contribution in [0.1, 0.15) is 36.6 Å². The number of nitrogens with zero attached hydrogens (tertiary/aromatic N) is 3. The van der Waals surface area contributed by atoms with Crippen LogP contribution in [0.25, 0.3) is 10.2 Å². The highest BCUT2D eigenvalue weighted by Gasteiger charge is 2.56. The first-order valence-corrected chi connectivity index (χ1v) is 10.5. The van der Waals surface area contributed by atoms with Gasteiger partial charge in [0, 0.05) is 24.6 Å². The summed E-state index contributed by atoms with van der Waals surface area (Å²) in [4.78, 5) is 27.4. The van der Waals surface area contributed by atoms with Crippen LogP contribution in [0.4, 0.5) is 5.82 Å². The van der Waals surface area contributed by atoms with E-state index in [-0.39, 0.29) is 18.0 Å². The van der Waals surface area contributed by atoms with E-state index < -0.39 is 0 Å². The van der Waals surface area contributed by atoms with Crippen molar-refractivity contribution in [2.45, 2.75) is 63.2 Å². The molecule has 2 aliphatic heterocycles. The molecular weight excluding hydrogens is 346 g/mol. The van der Waals surface area contributed by atoms with Crippen LogP contribution in [0.3, 0.4) is 0 Å². The molecule has 4 atom stereocenters. The van der Waals surface area contributed by atoms with Gasteiger partial charge in [-0.1, -0.05) is 0 Å². The summed E-state index contributed by atoms with van der Waals surface area (Å²) in [7, 11) is 4.44. The maximum absolute atomic E-state index is 12.1. The number of thiophene rings is 1. The molecule has 2 N–H and O–H groups in total. The Morgan fingerprint density at radius 2 is 2.04 bits per heavy atom. The van der Waals surface area contributed by atoms with Gasteiger partial charge >= 0.3 is 0 Å². The van der Waals surface area contributed by atoms with Crippen LogP contribution in [0.15, 0.2) is 6.33 Å². The monoisotopic (exact) mass is 372 g/mol. The van der Waals surface area contributed by atoms with E-state index in [2.05, 4.69) is 34.3 Å². The SMILES string of the molecule is CC(=O)N1[C@@H]2CC([NH+](C)C)C[C@H]1C2Nc1ncnc2sc3c(c12)CCC3. The number of piperidine rings is 1. The average molecular weight is 373 g/mol. The third kappa shape index (κ3) is 2.29. The summed E-state index contributed by atoms with van der Waals surface area (Å²) in [5.41, 5.74) is 1.46. The van der Waals surface area contributed by atoms with E-state index in [1.165, 1.54) is 33.6 Å². The fourth-order valence-corrected chi connectivity index (χ4v) is 6.50. The summed E-state index contributed by atoms with van der Waals surface area (Å²) in [5.74, 6) is 1.18. The van der Waals surface area contributed by atoms with E-state index in [0.29, 0.717) is 12.1 Å². The second-order valence-corrected chi connectivity index (χ2v) is 9.32. The largest absolute Gasteiger partial charge is 0.363 e. The summed E-state index contributed by atoms with van der Waals surface area (Å²) in [5, 5.41) is 4.97. The second-order valence-electron chi connectivity index (χ2n) is 8.24. The lowest BCUT2D eigenvalue weighted by molar-refractivity contribution is -0.889. The van der Waals surface area contributed by atoms with Gasteiger partial charge in [-0.25, -0.2) is 9.97 Å². The van der Waals surface area contributed by atoms with E-state index in [9.17, 15) is 4.79 Å². The van der Waals surface area contributed by atoms with Crippen molar-refractivity contribution in [2.75, 3.05) is 19.4 Å². The van der Waals surface area contributed by atoms with Gasteiger partial charge in [-0.05, 0) is 24.8 Å². The van der Waals surface area contributed by atoms with Gasteiger partial charge in [-0.3, -0.25) is 4.79 Å². The molecule has 2 aromatic rings. The molecule has 2 bridgehead atoms. The molecule has 2 fully saturated rings. The molecule has 0 spiro atoms. The van der Waals surface area contributed by atoms with Gasteiger partial charge in [0.1, 0.15) is 17.0 Å². The number of quaternary nitrogens is 1. The highest BCUT2D eigenvalue weighted by molar-refractivity contribution is 7.19. The van der Waals surface area contributed by atoms with Crippen molar-refractivity contribution in [3.63, 3.8) is 0 Å². The van der Waals surface area contributed by atoms with Crippen LogP contribution in [0.2, 0.25) is 0 Å². The zero-order valence-corrected chi connectivity index (χ0v) is 16.4. The Kier molecular flexibility index (Phi) is 3.72. The van der Waals surface area contributed by atoms with Gasteiger partial charge in [-0.2, -0.15) is 0 Å². The molecular formula is C19H26N5OS+. The lowest BCUT2D eigenvalue weighted by Crippen LogP contribution is -3.11. The Hall–Kier alpha value is -1.73. The Morgan fingerprint density at radius 3 is 2.73 bits per heavy atom. The van der Waals surface area contributed by atoms with Crippen molar-refractivity contribution in [3.05, 3.63) is 16.8 Å². The lowest BCUT2D eigenvalue weighted by atomic mass is 9.72. The van der Waals surface area contributed by atoms with Crippen LogP contribution < -0.4 is 10.2 Å². The van der Waals surface area contributed by atoms with Crippen molar-refractivity contribution in [3.8, 4) is 0 Å². The van der Waals surface area contributed by atoms with Crippen molar-refractivity contribution in [1.29, 1.82) is 0 Å². The van der Waals surface area contributed by atoms with Gasteiger partial charge in [-0.15, -0.1) is 11.3 Å². The van der Waals surface area contributed by atoms with Crippen LogP contribution >= 0.6 is 11.3 Å². The molecule has 4 heterocycles. The molecule has 2 unspecified atom stereocenters. The molecule has 3 aliphatic rings. The van der Waals surface area contributed by atoms with E-state index in [1.807, 2.05) is 11.3 Å². The molecule has 0 saturated carbocycles. The number of anilines is 1. The number of carbonyl (C=O) groups is 1. The fraction of sp³-hybridized carbons (Fsp3) is 0.632. The topological polar surface area (TPSA) is 62.6 Å². The molecule has 5 rings (SSSR count). The number of rotatable bonds is 3. The van der Waals surface area contributed by atoms with Crippen LogP contribution in [-0.4, -0.2) is 59.0 Å². The number of amides is 1. The minimum absolute atomic E-state index is 0.203. The third-order valence-corrected chi connectivity index (χ3v) is 7.78. The number of hydrogen-bond donors (Lipinski definition) is 2. The van der Waals surface area contributed by atoms with Gasteiger partial charge in [0.05, 0.1) is 43.6 Å². The number of carbonyl (C=O) groups excluding carboxylic acids is 1. The van der Waals surface area contributed by atoms with Crippen molar-refractivity contribution in [2.24, 2.45) is 0 Å². The highest BCUT2D eigenvalue weighted by atomic mass is 32.1. The summed E-state index contributed by atoms with van der Waals surface area (Å²) in [6.45, 7) is 1.70. The van der Waals surface area contributed by atoms with Crippen molar-refractivity contribution < 1.29 is 9.69 Å². The first kappa shape index (κ1) is 16.4. The number of aromatic nitrogens is 2. The smallest absolute Gasteiger partial charge is 0.220 e. The molecule has 1 aliphatic carbocycles. The Labute approximate surface area is 157 Å². The molecule has 0 radical (unpaired) electrons. The first-order chi connectivity index (χ1) is 12.5. The first-order valence-electron chi connectivity index (χ1n) is 9.65. The zero-order valence-electron chi connectivity index (χ0n) is 15.6. The number of fused-ring (bicyclic) bond motifs is 5. The third-order valence-electron chi connectivity index (χ3n) is 6.58. The predicted octanol–water partition coefficient (Wildman–Crippen LogP) is 0.867. The Bertz CT molecular complexity index is 864. The standard InChI is InChI=1S/C19H25N5OS/c1-10(25)24-13-7-11(23(2)3)8-14(24)17(13)22-18-16-12-5-4-6-15(12)26-19(16)21-9-20-18/h9,11,13-14,17H,4-8H2,1-3H3,(H,20,21,22)/p+1/t11?,13-,14+,17?. The van der Waals surface area contributed by atoms with Gasteiger partial charge < -0.3 is 15.1 Å². The number of hydrogen-bond acceptors (Lipinski definition) is 5. The molecule has 1 amide bonds. The molecule has 26 heavy (non-hydrogen) atoms. The second kappa shape index (κ2) is 5.89. The molecule has 7 heteroatoms. The van der Waals surface area contributed by atoms with Crippen LogP contribution in [0, 0.1) is 0 Å². The molecule has 2 aromatic heterocycles. The Morgan fingerprint density at radius 1 is 1.27 bits per heavy atom. The fourth-order valence-electron chi connectivity index (χ4n) is 5.27. The minimum atomic E-state index is 0.203. The van der Waals surface area contributed by atoms with Gasteiger partial charge in [0.15, 0.2) is 0 Å². The zero-order chi connectivity index (χ0) is 18.0. The molecule has 2 saturated heterocycles. The average Bonchev–Trinajstić information content (AvgIpc) is 3.19. The summed E-state index contributed by atoms with van der Waals surface area (Å²) in [6, 6.07) is 1.50. The predicted molar refractivity (Wildman–Crippen MR) is 103 cm³/mol. The summed E-state index contributed by atoms with van der Waals surface area (Å²) < 4.78 is 0. The minimum Gasteiger partial charge on any atom is -0.363 e. The normalized spacial score (nSPS) is 29.8. The van der Waals surface area contributed by atoms with E-state index in [0.717, 1.165) is 29.9 Å². The molecule has 6 nitrogen and oxygen atoms in total. The van der Waals surface area contributed by atoms with E-state index >= 15 is 0 Å². The van der Waals surface area contributed by atoms with Gasteiger partial charge in [0.25, 0.3) is 0 Å². The Balaban J connectivity index is 1.46.